The fourth-order valence-corrected chi connectivity index (χ4v) is 4.04. The summed E-state index contributed by atoms with van der Waals surface area (Å²) in [5.41, 5.74) is 2.71. The molecule has 0 spiro atoms. The number of likely N-dealkylation sites (tertiary alicyclic amines) is 1. The van der Waals surface area contributed by atoms with Crippen LogP contribution in [-0.2, 0) is 13.0 Å². The molecule has 2 aliphatic heterocycles. The molecule has 4 nitrogen and oxygen atoms in total. The van der Waals surface area contributed by atoms with Crippen LogP contribution in [0.4, 0.5) is 0 Å². The second kappa shape index (κ2) is 7.42. The van der Waals surface area contributed by atoms with E-state index < -0.39 is 0 Å². The number of piperidine rings is 1. The molecule has 0 saturated carbocycles. The van der Waals surface area contributed by atoms with E-state index in [1.165, 1.54) is 24.0 Å². The van der Waals surface area contributed by atoms with Gasteiger partial charge in [-0.15, -0.1) is 0 Å². The highest BCUT2D eigenvalue weighted by Crippen LogP contribution is 2.35. The summed E-state index contributed by atoms with van der Waals surface area (Å²) < 4.78 is 5.97. The summed E-state index contributed by atoms with van der Waals surface area (Å²) >= 11 is 0. The van der Waals surface area contributed by atoms with Crippen LogP contribution in [0.15, 0.2) is 18.2 Å². The average Bonchev–Trinajstić information content (AvgIpc) is 2.86. The summed E-state index contributed by atoms with van der Waals surface area (Å²) in [6.45, 7) is 8.97. The van der Waals surface area contributed by atoms with Gasteiger partial charge in [0, 0.05) is 32.2 Å². The maximum Gasteiger partial charge on any atom is 0.123 e. The van der Waals surface area contributed by atoms with Gasteiger partial charge in [0.1, 0.15) is 11.4 Å². The number of benzene rings is 1. The Morgan fingerprint density at radius 1 is 1.29 bits per heavy atom. The average molecular weight is 332 g/mol. The van der Waals surface area contributed by atoms with E-state index in [0.717, 1.165) is 44.8 Å². The molecule has 2 heterocycles. The Kier molecular flexibility index (Phi) is 5.48. The molecule has 24 heavy (non-hydrogen) atoms. The molecule has 0 amide bonds. The molecule has 0 aliphatic carbocycles. The second-order valence-corrected chi connectivity index (χ2v) is 8.05. The first-order valence-electron chi connectivity index (χ1n) is 9.31. The van der Waals surface area contributed by atoms with Gasteiger partial charge >= 0.3 is 0 Å². The Bertz CT molecular complexity index is 551. The van der Waals surface area contributed by atoms with Crippen molar-refractivity contribution >= 4 is 0 Å². The maximum atomic E-state index is 8.97. The van der Waals surface area contributed by atoms with E-state index in [4.69, 9.17) is 9.84 Å². The van der Waals surface area contributed by atoms with E-state index in [0.29, 0.717) is 12.6 Å². The molecule has 4 heteroatoms. The molecular formula is C20H32N2O2. The van der Waals surface area contributed by atoms with Crippen molar-refractivity contribution in [1.29, 1.82) is 0 Å². The van der Waals surface area contributed by atoms with Gasteiger partial charge in [0.15, 0.2) is 0 Å². The van der Waals surface area contributed by atoms with Gasteiger partial charge in [-0.25, -0.2) is 0 Å². The van der Waals surface area contributed by atoms with Crippen molar-refractivity contribution in [1.82, 2.24) is 9.80 Å². The molecule has 0 unspecified atom stereocenters. The maximum absolute atomic E-state index is 8.97. The minimum Gasteiger partial charge on any atom is -0.487 e. The summed E-state index contributed by atoms with van der Waals surface area (Å²) in [4.78, 5) is 4.99. The molecule has 1 saturated heterocycles. The Labute approximate surface area is 146 Å². The first-order valence-corrected chi connectivity index (χ1v) is 9.31. The predicted molar refractivity (Wildman–Crippen MR) is 97.5 cm³/mol. The summed E-state index contributed by atoms with van der Waals surface area (Å²) in [5.74, 6) is 1.06. The van der Waals surface area contributed by atoms with Crippen molar-refractivity contribution < 1.29 is 9.84 Å². The lowest BCUT2D eigenvalue weighted by atomic mass is 9.99. The first-order chi connectivity index (χ1) is 11.5. The molecule has 1 N–H and O–H groups in total. The highest BCUT2D eigenvalue weighted by atomic mass is 16.5. The van der Waals surface area contributed by atoms with Gasteiger partial charge in [0.25, 0.3) is 0 Å². The highest BCUT2D eigenvalue weighted by Gasteiger charge is 2.30. The molecule has 0 aromatic heterocycles. The van der Waals surface area contributed by atoms with Gasteiger partial charge in [-0.2, -0.15) is 0 Å². The Morgan fingerprint density at radius 2 is 2.04 bits per heavy atom. The van der Waals surface area contributed by atoms with Gasteiger partial charge in [-0.05, 0) is 70.4 Å². The molecule has 1 aromatic rings. The molecule has 134 valence electrons. The number of aliphatic hydroxyl groups is 1. The number of hydrogen-bond acceptors (Lipinski definition) is 4. The lowest BCUT2D eigenvalue weighted by molar-refractivity contribution is 0.117. The lowest BCUT2D eigenvalue weighted by Crippen LogP contribution is -2.43. The lowest BCUT2D eigenvalue weighted by Gasteiger charge is -2.36. The zero-order valence-electron chi connectivity index (χ0n) is 15.4. The van der Waals surface area contributed by atoms with E-state index in [-0.39, 0.29) is 5.60 Å². The van der Waals surface area contributed by atoms with Gasteiger partial charge in [-0.3, -0.25) is 4.90 Å². The number of hydrogen-bond donors (Lipinski definition) is 1. The predicted octanol–water partition coefficient (Wildman–Crippen LogP) is 2.68. The summed E-state index contributed by atoms with van der Waals surface area (Å²) in [7, 11) is 2.19. The topological polar surface area (TPSA) is 35.9 Å². The normalized spacial score (nSPS) is 21.0. The van der Waals surface area contributed by atoms with Crippen LogP contribution in [0.25, 0.3) is 0 Å². The van der Waals surface area contributed by atoms with Crippen LogP contribution in [0.3, 0.4) is 0 Å². The molecule has 0 bridgehead atoms. The quantitative estimate of drug-likeness (QED) is 0.869. The van der Waals surface area contributed by atoms with Crippen LogP contribution in [-0.4, -0.2) is 59.8 Å². The van der Waals surface area contributed by atoms with Crippen LogP contribution in [0, 0.1) is 0 Å². The molecular weight excluding hydrogens is 300 g/mol. The third-order valence-electron chi connectivity index (χ3n) is 5.38. The van der Waals surface area contributed by atoms with Crippen LogP contribution in [0.5, 0.6) is 5.75 Å². The van der Waals surface area contributed by atoms with Crippen molar-refractivity contribution in [3.8, 4) is 5.75 Å². The largest absolute Gasteiger partial charge is 0.487 e. The van der Waals surface area contributed by atoms with Crippen LogP contribution < -0.4 is 4.74 Å². The van der Waals surface area contributed by atoms with E-state index in [1.54, 1.807) is 0 Å². The van der Waals surface area contributed by atoms with Gasteiger partial charge < -0.3 is 14.7 Å². The molecule has 1 aromatic carbocycles. The zero-order chi connectivity index (χ0) is 17.2. The van der Waals surface area contributed by atoms with E-state index in [2.05, 4.69) is 48.9 Å². The first kappa shape index (κ1) is 17.7. The molecule has 2 aliphatic rings. The number of nitrogens with zero attached hydrogens (tertiary/aromatic N) is 2. The molecule has 0 atom stereocenters. The number of ether oxygens (including phenoxy) is 1. The fourth-order valence-electron chi connectivity index (χ4n) is 4.04. The van der Waals surface area contributed by atoms with Crippen molar-refractivity contribution in [3.63, 3.8) is 0 Å². The van der Waals surface area contributed by atoms with Crippen molar-refractivity contribution in [2.45, 2.75) is 57.7 Å². The zero-order valence-corrected chi connectivity index (χ0v) is 15.4. The molecule has 3 rings (SSSR count). The summed E-state index contributed by atoms with van der Waals surface area (Å²) in [6, 6.07) is 7.37. The van der Waals surface area contributed by atoms with Gasteiger partial charge in [0.05, 0.1) is 0 Å². The number of fused-ring (bicyclic) bond motifs is 1. The van der Waals surface area contributed by atoms with Crippen LogP contribution in [0.1, 0.15) is 44.2 Å². The van der Waals surface area contributed by atoms with Crippen LogP contribution >= 0.6 is 0 Å². The van der Waals surface area contributed by atoms with Crippen molar-refractivity contribution in [2.24, 2.45) is 0 Å². The van der Waals surface area contributed by atoms with Crippen molar-refractivity contribution in [2.75, 3.05) is 33.3 Å². The minimum absolute atomic E-state index is 0.0571. The number of aliphatic hydroxyl groups excluding tert-OH is 1. The van der Waals surface area contributed by atoms with Gasteiger partial charge in [0.2, 0.25) is 0 Å². The standard InChI is InChI=1S/C20H32N2O2/c1-20(2)14-17-13-16(5-6-19(17)24-20)15-22-10-7-18(8-11-22)21(3)9-4-12-23/h5-6,13,18,23H,4,7-12,14-15H2,1-3H3. The van der Waals surface area contributed by atoms with E-state index in [1.807, 2.05) is 0 Å². The fraction of sp³-hybridized carbons (Fsp3) is 0.700. The van der Waals surface area contributed by atoms with Gasteiger partial charge in [-0.1, -0.05) is 12.1 Å². The number of rotatable bonds is 6. The Morgan fingerprint density at radius 3 is 2.75 bits per heavy atom. The smallest absolute Gasteiger partial charge is 0.123 e. The minimum atomic E-state index is -0.0571. The Hall–Kier alpha value is -1.10. The van der Waals surface area contributed by atoms with Crippen LogP contribution in [0.2, 0.25) is 0 Å². The summed E-state index contributed by atoms with van der Waals surface area (Å²) in [5, 5.41) is 8.97. The summed E-state index contributed by atoms with van der Waals surface area (Å²) in [6.07, 6.45) is 4.34. The Balaban J connectivity index is 1.50. The van der Waals surface area contributed by atoms with Crippen molar-refractivity contribution in [3.05, 3.63) is 29.3 Å². The second-order valence-electron chi connectivity index (χ2n) is 8.05. The van der Waals surface area contributed by atoms with E-state index >= 15 is 0 Å². The SMILES string of the molecule is CN(CCCO)C1CCN(Cc2ccc3c(c2)CC(C)(C)O3)CC1. The third-order valence-corrected chi connectivity index (χ3v) is 5.38. The monoisotopic (exact) mass is 332 g/mol. The highest BCUT2D eigenvalue weighted by molar-refractivity contribution is 5.41. The van der Waals surface area contributed by atoms with E-state index in [9.17, 15) is 0 Å². The molecule has 0 radical (unpaired) electrons. The third kappa shape index (κ3) is 4.29. The molecule has 1 fully saturated rings.